The second-order valence-corrected chi connectivity index (χ2v) is 6.12. The summed E-state index contributed by atoms with van der Waals surface area (Å²) in [5.74, 6) is 1.23. The molecule has 1 aliphatic heterocycles. The van der Waals surface area contributed by atoms with Crippen LogP contribution in [0.25, 0.3) is 10.9 Å². The van der Waals surface area contributed by atoms with E-state index in [1.54, 1.807) is 12.1 Å². The molecule has 0 atom stereocenters. The fraction of sp³-hybridized carbons (Fsp3) is 0.263. The molecule has 1 N–H and O–H groups in total. The summed E-state index contributed by atoms with van der Waals surface area (Å²) in [6.07, 6.45) is 2.03. The zero-order chi connectivity index (χ0) is 15.8. The predicted molar refractivity (Wildman–Crippen MR) is 89.7 cm³/mol. The van der Waals surface area contributed by atoms with Crippen molar-refractivity contribution < 1.29 is 9.13 Å². The number of likely N-dealkylation sites (N-methyl/N-ethyl adjacent to an activating group) is 1. The summed E-state index contributed by atoms with van der Waals surface area (Å²) >= 11 is 0. The first-order valence-corrected chi connectivity index (χ1v) is 7.95. The number of hydrogen-bond acceptors (Lipinski definition) is 2. The maximum Gasteiger partial charge on any atom is 0.137 e. The first-order valence-electron chi connectivity index (χ1n) is 7.95. The molecule has 118 valence electrons. The number of H-pyrrole nitrogens is 1. The molecule has 1 aliphatic rings. The molecule has 0 saturated carbocycles. The van der Waals surface area contributed by atoms with Gasteiger partial charge in [-0.1, -0.05) is 6.07 Å². The Balaban J connectivity index is 1.77. The molecule has 0 saturated heterocycles. The minimum absolute atomic E-state index is 0.255. The monoisotopic (exact) mass is 310 g/mol. The van der Waals surface area contributed by atoms with Gasteiger partial charge in [-0.05, 0) is 55.4 Å². The van der Waals surface area contributed by atoms with Gasteiger partial charge in [0.15, 0.2) is 0 Å². The first kappa shape index (κ1) is 14.3. The van der Waals surface area contributed by atoms with Gasteiger partial charge in [0, 0.05) is 36.1 Å². The van der Waals surface area contributed by atoms with Crippen LogP contribution >= 0.6 is 0 Å². The molecular formula is C19H19FN2O. The lowest BCUT2D eigenvalue weighted by molar-refractivity contribution is 0.352. The van der Waals surface area contributed by atoms with Gasteiger partial charge in [-0.2, -0.15) is 0 Å². The van der Waals surface area contributed by atoms with E-state index < -0.39 is 0 Å². The van der Waals surface area contributed by atoms with Gasteiger partial charge in [0.05, 0.1) is 0 Å². The second-order valence-electron chi connectivity index (χ2n) is 6.12. The van der Waals surface area contributed by atoms with Crippen molar-refractivity contribution in [3.63, 3.8) is 0 Å². The zero-order valence-electron chi connectivity index (χ0n) is 13.1. The van der Waals surface area contributed by atoms with Crippen LogP contribution in [0.15, 0.2) is 42.5 Å². The highest BCUT2D eigenvalue weighted by Gasteiger charge is 2.19. The standard InChI is InChI=1S/C19H19FN2O/c1-22-11-9-15-16(10-12-22)21-17-3-2-4-18(19(15)17)23-14-7-5-13(20)6-8-14/h2-8,21H,9-12H2,1H3. The van der Waals surface area contributed by atoms with Gasteiger partial charge in [0.25, 0.3) is 0 Å². The fourth-order valence-corrected chi connectivity index (χ4v) is 3.26. The van der Waals surface area contributed by atoms with E-state index >= 15 is 0 Å². The van der Waals surface area contributed by atoms with E-state index in [0.29, 0.717) is 5.75 Å². The highest BCUT2D eigenvalue weighted by atomic mass is 19.1. The van der Waals surface area contributed by atoms with E-state index in [0.717, 1.165) is 42.6 Å². The Morgan fingerprint density at radius 1 is 1.04 bits per heavy atom. The van der Waals surface area contributed by atoms with Gasteiger partial charge >= 0.3 is 0 Å². The number of fused-ring (bicyclic) bond motifs is 3. The van der Waals surface area contributed by atoms with Gasteiger partial charge in [0.1, 0.15) is 17.3 Å². The molecule has 4 rings (SSSR count). The summed E-state index contributed by atoms with van der Waals surface area (Å²) in [6, 6.07) is 12.2. The smallest absolute Gasteiger partial charge is 0.137 e. The van der Waals surface area contributed by atoms with E-state index in [4.69, 9.17) is 4.74 Å². The Bertz CT molecular complexity index is 838. The molecule has 4 heteroatoms. The SMILES string of the molecule is CN1CCc2[nH]c3cccc(Oc4ccc(F)cc4)c3c2CC1. The van der Waals surface area contributed by atoms with E-state index in [-0.39, 0.29) is 5.82 Å². The number of aromatic amines is 1. The molecular weight excluding hydrogens is 291 g/mol. The fourth-order valence-electron chi connectivity index (χ4n) is 3.26. The Morgan fingerprint density at radius 2 is 1.83 bits per heavy atom. The van der Waals surface area contributed by atoms with Crippen LogP contribution in [0, 0.1) is 5.82 Å². The van der Waals surface area contributed by atoms with Gasteiger partial charge in [0.2, 0.25) is 0 Å². The van der Waals surface area contributed by atoms with Crippen molar-refractivity contribution in [2.75, 3.05) is 20.1 Å². The lowest BCUT2D eigenvalue weighted by atomic mass is 10.1. The number of aromatic nitrogens is 1. The molecule has 2 heterocycles. The number of nitrogens with zero attached hydrogens (tertiary/aromatic N) is 1. The summed E-state index contributed by atoms with van der Waals surface area (Å²) in [4.78, 5) is 5.90. The Hall–Kier alpha value is -2.33. The van der Waals surface area contributed by atoms with Gasteiger partial charge in [-0.25, -0.2) is 4.39 Å². The number of ether oxygens (including phenoxy) is 1. The molecule has 0 aliphatic carbocycles. The third-order valence-electron chi connectivity index (χ3n) is 4.51. The van der Waals surface area contributed by atoms with Crippen molar-refractivity contribution in [1.29, 1.82) is 0 Å². The molecule has 0 unspecified atom stereocenters. The lowest BCUT2D eigenvalue weighted by Crippen LogP contribution is -2.21. The molecule has 3 nitrogen and oxygen atoms in total. The highest BCUT2D eigenvalue weighted by molar-refractivity contribution is 5.91. The topological polar surface area (TPSA) is 28.3 Å². The zero-order valence-corrected chi connectivity index (χ0v) is 13.1. The molecule has 0 bridgehead atoms. The van der Waals surface area contributed by atoms with Crippen molar-refractivity contribution >= 4 is 10.9 Å². The first-order chi connectivity index (χ1) is 11.2. The largest absolute Gasteiger partial charge is 0.457 e. The number of benzene rings is 2. The molecule has 2 aromatic carbocycles. The van der Waals surface area contributed by atoms with Crippen LogP contribution in [-0.4, -0.2) is 30.0 Å². The van der Waals surface area contributed by atoms with Crippen LogP contribution in [0.3, 0.4) is 0 Å². The maximum atomic E-state index is 13.1. The summed E-state index contributed by atoms with van der Waals surface area (Å²) in [7, 11) is 2.16. The van der Waals surface area contributed by atoms with Crippen LogP contribution < -0.4 is 4.74 Å². The Morgan fingerprint density at radius 3 is 2.65 bits per heavy atom. The predicted octanol–water partition coefficient (Wildman–Crippen LogP) is 4.13. The molecule has 1 aromatic heterocycles. The van der Waals surface area contributed by atoms with Crippen LogP contribution in [0.1, 0.15) is 11.3 Å². The van der Waals surface area contributed by atoms with Crippen molar-refractivity contribution in [3.8, 4) is 11.5 Å². The third-order valence-corrected chi connectivity index (χ3v) is 4.51. The Kier molecular flexibility index (Phi) is 3.54. The average molecular weight is 310 g/mol. The molecule has 0 amide bonds. The Labute approximate surface area is 134 Å². The molecule has 0 fully saturated rings. The number of halogens is 1. The minimum atomic E-state index is -0.255. The normalized spacial score (nSPS) is 15.4. The maximum absolute atomic E-state index is 13.1. The summed E-state index contributed by atoms with van der Waals surface area (Å²) in [5, 5.41) is 1.15. The van der Waals surface area contributed by atoms with E-state index in [1.165, 1.54) is 23.4 Å². The average Bonchev–Trinajstić information content (AvgIpc) is 2.82. The van der Waals surface area contributed by atoms with Gasteiger partial charge in [-0.15, -0.1) is 0 Å². The van der Waals surface area contributed by atoms with E-state index in [1.807, 2.05) is 12.1 Å². The van der Waals surface area contributed by atoms with Gasteiger partial charge < -0.3 is 14.6 Å². The van der Waals surface area contributed by atoms with E-state index in [9.17, 15) is 4.39 Å². The van der Waals surface area contributed by atoms with Crippen LogP contribution in [0.2, 0.25) is 0 Å². The molecule has 23 heavy (non-hydrogen) atoms. The third kappa shape index (κ3) is 2.70. The quantitative estimate of drug-likeness (QED) is 0.771. The van der Waals surface area contributed by atoms with Crippen LogP contribution in [-0.2, 0) is 12.8 Å². The van der Waals surface area contributed by atoms with Crippen molar-refractivity contribution in [2.24, 2.45) is 0 Å². The lowest BCUT2D eigenvalue weighted by Gasteiger charge is -2.12. The van der Waals surface area contributed by atoms with Crippen LogP contribution in [0.5, 0.6) is 11.5 Å². The number of rotatable bonds is 2. The second kappa shape index (κ2) is 5.70. The highest BCUT2D eigenvalue weighted by Crippen LogP contribution is 2.35. The van der Waals surface area contributed by atoms with Crippen LogP contribution in [0.4, 0.5) is 4.39 Å². The summed E-state index contributed by atoms with van der Waals surface area (Å²) in [5.41, 5.74) is 3.76. The van der Waals surface area contributed by atoms with Crippen molar-refractivity contribution in [2.45, 2.75) is 12.8 Å². The summed E-state index contributed by atoms with van der Waals surface area (Å²) in [6.45, 7) is 2.11. The molecule has 0 spiro atoms. The van der Waals surface area contributed by atoms with Crippen molar-refractivity contribution in [3.05, 3.63) is 59.5 Å². The number of nitrogens with one attached hydrogen (secondary N) is 1. The number of hydrogen-bond donors (Lipinski definition) is 1. The van der Waals surface area contributed by atoms with E-state index in [2.05, 4.69) is 23.0 Å². The summed E-state index contributed by atoms with van der Waals surface area (Å²) < 4.78 is 19.1. The van der Waals surface area contributed by atoms with Gasteiger partial charge in [-0.3, -0.25) is 0 Å². The van der Waals surface area contributed by atoms with Crippen molar-refractivity contribution in [1.82, 2.24) is 9.88 Å². The molecule has 0 radical (unpaired) electrons. The minimum Gasteiger partial charge on any atom is -0.457 e. The molecule has 3 aromatic rings.